The molecule has 2 rings (SSSR count). The minimum atomic E-state index is -0.0892. The number of fused-ring (bicyclic) bond motifs is 1. The number of hydrogen-bond acceptors (Lipinski definition) is 4. The van der Waals surface area contributed by atoms with Gasteiger partial charge >= 0.3 is 0 Å². The van der Waals surface area contributed by atoms with Crippen molar-refractivity contribution in [3.63, 3.8) is 0 Å². The van der Waals surface area contributed by atoms with Crippen molar-refractivity contribution in [3.8, 4) is 0 Å². The van der Waals surface area contributed by atoms with E-state index in [1.54, 1.807) is 7.11 Å². The maximum Gasteiger partial charge on any atom is 0.175 e. The highest BCUT2D eigenvalue weighted by atomic mass is 16.7. The third-order valence-electron chi connectivity index (χ3n) is 2.19. The average Bonchev–Trinajstić information content (AvgIpc) is 2.47. The lowest BCUT2D eigenvalue weighted by Crippen LogP contribution is -2.50. The smallest absolute Gasteiger partial charge is 0.175 e. The molecule has 2 aliphatic heterocycles. The van der Waals surface area contributed by atoms with Crippen molar-refractivity contribution in [1.29, 1.82) is 0 Å². The standard InChI is InChI=1S/C7H13NO3/c1-9-5-4-11-7-6(5)8-2-3-10-7/h5-8H,2-4H2,1H3. The lowest BCUT2D eigenvalue weighted by Gasteiger charge is -2.27. The second kappa shape index (κ2) is 3.06. The van der Waals surface area contributed by atoms with Gasteiger partial charge in [0.15, 0.2) is 6.29 Å². The van der Waals surface area contributed by atoms with Crippen molar-refractivity contribution in [1.82, 2.24) is 5.32 Å². The largest absolute Gasteiger partial charge is 0.377 e. The Kier molecular flexibility index (Phi) is 2.09. The van der Waals surface area contributed by atoms with Crippen LogP contribution in [0.1, 0.15) is 0 Å². The summed E-state index contributed by atoms with van der Waals surface area (Å²) in [5.41, 5.74) is 0. The maximum absolute atomic E-state index is 5.37. The van der Waals surface area contributed by atoms with E-state index >= 15 is 0 Å². The number of ether oxygens (including phenoxy) is 3. The first-order valence-corrected chi connectivity index (χ1v) is 3.91. The van der Waals surface area contributed by atoms with Crippen LogP contribution in [0, 0.1) is 0 Å². The van der Waals surface area contributed by atoms with Crippen LogP contribution in [0.5, 0.6) is 0 Å². The predicted octanol–water partition coefficient (Wildman–Crippen LogP) is -0.654. The van der Waals surface area contributed by atoms with Gasteiger partial charge in [-0.15, -0.1) is 0 Å². The molecule has 2 fully saturated rings. The summed E-state index contributed by atoms with van der Waals surface area (Å²) in [6.45, 7) is 2.26. The predicted molar refractivity (Wildman–Crippen MR) is 38.3 cm³/mol. The Balaban J connectivity index is 1.98. The molecule has 2 heterocycles. The fraction of sp³-hybridized carbons (Fsp3) is 1.00. The molecule has 0 aromatic heterocycles. The van der Waals surface area contributed by atoms with Crippen LogP contribution in [-0.4, -0.2) is 45.3 Å². The van der Waals surface area contributed by atoms with Crippen LogP contribution in [0.25, 0.3) is 0 Å². The van der Waals surface area contributed by atoms with Crippen LogP contribution < -0.4 is 5.32 Å². The molecular formula is C7H13NO3. The molecule has 0 aliphatic carbocycles. The number of hydrogen-bond donors (Lipinski definition) is 1. The van der Waals surface area contributed by atoms with E-state index < -0.39 is 0 Å². The van der Waals surface area contributed by atoms with E-state index in [2.05, 4.69) is 5.32 Å². The van der Waals surface area contributed by atoms with Crippen molar-refractivity contribution in [2.45, 2.75) is 18.4 Å². The molecule has 2 aliphatic rings. The van der Waals surface area contributed by atoms with E-state index in [-0.39, 0.29) is 18.4 Å². The summed E-state index contributed by atoms with van der Waals surface area (Å²) in [7, 11) is 1.70. The summed E-state index contributed by atoms with van der Waals surface area (Å²) in [5.74, 6) is 0. The van der Waals surface area contributed by atoms with Crippen LogP contribution in [0.15, 0.2) is 0 Å². The SMILES string of the molecule is COC1COC2OCCNC12. The fourth-order valence-corrected chi connectivity index (χ4v) is 1.57. The maximum atomic E-state index is 5.37. The topological polar surface area (TPSA) is 39.7 Å². The van der Waals surface area contributed by atoms with Crippen LogP contribution in [0.2, 0.25) is 0 Å². The molecule has 2 saturated heterocycles. The molecular weight excluding hydrogens is 146 g/mol. The van der Waals surface area contributed by atoms with Gasteiger partial charge in [0.05, 0.1) is 19.3 Å². The van der Waals surface area contributed by atoms with Gasteiger partial charge in [0, 0.05) is 13.7 Å². The van der Waals surface area contributed by atoms with E-state index in [1.165, 1.54) is 0 Å². The Bertz CT molecular complexity index is 136. The first-order chi connectivity index (χ1) is 5.42. The zero-order valence-electron chi connectivity index (χ0n) is 6.58. The number of nitrogens with one attached hydrogen (secondary N) is 1. The van der Waals surface area contributed by atoms with Crippen LogP contribution >= 0.6 is 0 Å². The molecule has 4 heteroatoms. The second-order valence-electron chi connectivity index (χ2n) is 2.83. The van der Waals surface area contributed by atoms with Crippen molar-refractivity contribution in [2.24, 2.45) is 0 Å². The Morgan fingerprint density at radius 2 is 2.36 bits per heavy atom. The summed E-state index contributed by atoms with van der Waals surface area (Å²) >= 11 is 0. The van der Waals surface area contributed by atoms with Gasteiger partial charge in [-0.1, -0.05) is 0 Å². The summed E-state index contributed by atoms with van der Waals surface area (Å²) in [6, 6.07) is 0.230. The molecule has 3 unspecified atom stereocenters. The van der Waals surface area contributed by atoms with Gasteiger partial charge in [-0.05, 0) is 0 Å². The zero-order valence-corrected chi connectivity index (χ0v) is 6.58. The van der Waals surface area contributed by atoms with E-state index in [0.29, 0.717) is 6.61 Å². The lowest BCUT2D eigenvalue weighted by atomic mass is 10.2. The zero-order chi connectivity index (χ0) is 7.68. The Morgan fingerprint density at radius 3 is 3.18 bits per heavy atom. The van der Waals surface area contributed by atoms with Gasteiger partial charge in [-0.25, -0.2) is 0 Å². The summed E-state index contributed by atoms with van der Waals surface area (Å²) in [5, 5.41) is 3.31. The molecule has 0 aromatic carbocycles. The van der Waals surface area contributed by atoms with Crippen LogP contribution in [-0.2, 0) is 14.2 Å². The van der Waals surface area contributed by atoms with Gasteiger partial charge in [0.25, 0.3) is 0 Å². The van der Waals surface area contributed by atoms with Crippen molar-refractivity contribution in [2.75, 3.05) is 26.9 Å². The lowest BCUT2D eigenvalue weighted by molar-refractivity contribution is -0.137. The van der Waals surface area contributed by atoms with Crippen LogP contribution in [0.3, 0.4) is 0 Å². The average molecular weight is 159 g/mol. The molecule has 4 nitrogen and oxygen atoms in total. The van der Waals surface area contributed by atoms with Gasteiger partial charge in [0.2, 0.25) is 0 Å². The summed E-state index contributed by atoms with van der Waals surface area (Å²) in [4.78, 5) is 0. The minimum absolute atomic E-state index is 0.0892. The van der Waals surface area contributed by atoms with Crippen molar-refractivity contribution in [3.05, 3.63) is 0 Å². The molecule has 0 saturated carbocycles. The molecule has 1 N–H and O–H groups in total. The molecule has 0 radical (unpaired) electrons. The van der Waals surface area contributed by atoms with Crippen molar-refractivity contribution < 1.29 is 14.2 Å². The first-order valence-electron chi connectivity index (χ1n) is 3.91. The second-order valence-corrected chi connectivity index (χ2v) is 2.83. The Labute approximate surface area is 65.8 Å². The van der Waals surface area contributed by atoms with Gasteiger partial charge in [-0.2, -0.15) is 0 Å². The monoisotopic (exact) mass is 159 g/mol. The molecule has 0 spiro atoms. The normalized spacial score (nSPS) is 43.9. The highest BCUT2D eigenvalue weighted by Crippen LogP contribution is 2.19. The summed E-state index contributed by atoms with van der Waals surface area (Å²) < 4.78 is 15.9. The molecule has 11 heavy (non-hydrogen) atoms. The first kappa shape index (κ1) is 7.49. The highest BCUT2D eigenvalue weighted by Gasteiger charge is 2.39. The third-order valence-corrected chi connectivity index (χ3v) is 2.19. The van der Waals surface area contributed by atoms with E-state index in [9.17, 15) is 0 Å². The van der Waals surface area contributed by atoms with E-state index in [4.69, 9.17) is 14.2 Å². The number of methoxy groups -OCH3 is 1. The minimum Gasteiger partial charge on any atom is -0.377 e. The third kappa shape index (κ3) is 1.27. The van der Waals surface area contributed by atoms with Crippen LogP contribution in [0.4, 0.5) is 0 Å². The molecule has 3 atom stereocenters. The van der Waals surface area contributed by atoms with E-state index in [1.807, 2.05) is 0 Å². The Morgan fingerprint density at radius 1 is 1.45 bits per heavy atom. The Hall–Kier alpha value is -0.160. The van der Waals surface area contributed by atoms with Gasteiger partial charge in [0.1, 0.15) is 6.10 Å². The number of morpholine rings is 1. The van der Waals surface area contributed by atoms with E-state index in [0.717, 1.165) is 13.2 Å². The van der Waals surface area contributed by atoms with Crippen molar-refractivity contribution >= 4 is 0 Å². The molecule has 64 valence electrons. The molecule has 0 aromatic rings. The quantitative estimate of drug-likeness (QED) is 0.551. The fourth-order valence-electron chi connectivity index (χ4n) is 1.57. The molecule has 0 bridgehead atoms. The highest BCUT2D eigenvalue weighted by molar-refractivity contribution is 4.88. The molecule has 0 amide bonds. The summed E-state index contributed by atoms with van der Waals surface area (Å²) in [6.07, 6.45) is 0.0639. The number of rotatable bonds is 1. The van der Waals surface area contributed by atoms with Gasteiger partial charge in [-0.3, -0.25) is 0 Å². The van der Waals surface area contributed by atoms with Gasteiger partial charge < -0.3 is 19.5 Å².